The van der Waals surface area contributed by atoms with Gasteiger partial charge in [-0.15, -0.1) is 0 Å². The van der Waals surface area contributed by atoms with Crippen LogP contribution in [0.1, 0.15) is 36.5 Å². The van der Waals surface area contributed by atoms with E-state index in [1.54, 1.807) is 30.1 Å². The van der Waals surface area contributed by atoms with Gasteiger partial charge >= 0.3 is 6.09 Å². The van der Waals surface area contributed by atoms with E-state index in [9.17, 15) is 9.59 Å². The molecule has 0 bridgehead atoms. The zero-order chi connectivity index (χ0) is 24.2. The fourth-order valence-corrected chi connectivity index (χ4v) is 4.64. The number of anilines is 1. The van der Waals surface area contributed by atoms with E-state index in [1.807, 2.05) is 18.2 Å². The van der Waals surface area contributed by atoms with Crippen LogP contribution >= 0.6 is 0 Å². The number of allylic oxidation sites excluding steroid dienone is 1. The van der Waals surface area contributed by atoms with E-state index in [0.29, 0.717) is 31.1 Å². The van der Waals surface area contributed by atoms with Crippen molar-refractivity contribution < 1.29 is 23.8 Å². The Hall–Kier alpha value is -3.48. The van der Waals surface area contributed by atoms with Gasteiger partial charge in [-0.25, -0.2) is 4.79 Å². The topological polar surface area (TPSA) is 68.3 Å². The molecule has 0 radical (unpaired) electrons. The van der Waals surface area contributed by atoms with Crippen molar-refractivity contribution in [3.63, 3.8) is 0 Å². The lowest BCUT2D eigenvalue weighted by atomic mass is 10.0. The first kappa shape index (κ1) is 23.7. The van der Waals surface area contributed by atoms with Gasteiger partial charge in [0.2, 0.25) is 5.91 Å². The maximum absolute atomic E-state index is 12.7. The lowest BCUT2D eigenvalue weighted by Crippen LogP contribution is -2.37. The van der Waals surface area contributed by atoms with E-state index in [2.05, 4.69) is 18.7 Å². The molecule has 1 aliphatic carbocycles. The Morgan fingerprint density at radius 1 is 1.15 bits per heavy atom. The molecule has 2 aromatic rings. The standard InChI is InChI=1S/C27H32N2O5/c1-18-6-5-7-20-13-23(10-8-21(20)12-18)29-17-25(34-27(29)31)16-28(19(2)30)15-22-9-11-24(32-3)14-26(22)33-4/h8-11,13-14,25H,1,5-7,12,15-17H2,2-4H3. The van der Waals surface area contributed by atoms with Crippen molar-refractivity contribution in [3.8, 4) is 11.5 Å². The fraction of sp³-hybridized carbons (Fsp3) is 0.407. The highest BCUT2D eigenvalue weighted by atomic mass is 16.6. The first-order valence-electron chi connectivity index (χ1n) is 11.6. The smallest absolute Gasteiger partial charge is 0.414 e. The molecule has 1 saturated heterocycles. The average Bonchev–Trinajstić information content (AvgIpc) is 3.08. The van der Waals surface area contributed by atoms with Crippen LogP contribution in [-0.4, -0.2) is 50.3 Å². The van der Waals surface area contributed by atoms with Gasteiger partial charge in [0.15, 0.2) is 0 Å². The highest BCUT2D eigenvalue weighted by Gasteiger charge is 2.34. The number of rotatable bonds is 7. The van der Waals surface area contributed by atoms with Crippen LogP contribution in [0.5, 0.6) is 11.5 Å². The number of carbonyl (C=O) groups is 2. The number of fused-ring (bicyclic) bond motifs is 1. The summed E-state index contributed by atoms with van der Waals surface area (Å²) >= 11 is 0. The molecule has 2 amide bonds. The van der Waals surface area contributed by atoms with E-state index >= 15 is 0 Å². The third-order valence-corrected chi connectivity index (χ3v) is 6.52. The van der Waals surface area contributed by atoms with E-state index in [1.165, 1.54) is 23.6 Å². The summed E-state index contributed by atoms with van der Waals surface area (Å²) in [6.45, 7) is 6.72. The second-order valence-corrected chi connectivity index (χ2v) is 8.93. The van der Waals surface area contributed by atoms with Gasteiger partial charge in [-0.3, -0.25) is 9.69 Å². The molecule has 2 aliphatic rings. The van der Waals surface area contributed by atoms with Crippen molar-refractivity contribution in [3.05, 3.63) is 65.2 Å². The molecule has 1 fully saturated rings. The average molecular weight is 465 g/mol. The first-order valence-corrected chi connectivity index (χ1v) is 11.6. The van der Waals surface area contributed by atoms with Gasteiger partial charge in [0, 0.05) is 30.8 Å². The zero-order valence-corrected chi connectivity index (χ0v) is 20.1. The van der Waals surface area contributed by atoms with Gasteiger partial charge in [0.25, 0.3) is 0 Å². The Balaban J connectivity index is 1.46. The lowest BCUT2D eigenvalue weighted by molar-refractivity contribution is -0.130. The third kappa shape index (κ3) is 5.19. The Morgan fingerprint density at radius 2 is 1.97 bits per heavy atom. The summed E-state index contributed by atoms with van der Waals surface area (Å²) in [5, 5.41) is 0. The van der Waals surface area contributed by atoms with E-state index in [4.69, 9.17) is 14.2 Å². The summed E-state index contributed by atoms with van der Waals surface area (Å²) in [5.74, 6) is 1.22. The van der Waals surface area contributed by atoms with Crippen molar-refractivity contribution in [2.45, 2.75) is 45.3 Å². The molecular weight excluding hydrogens is 432 g/mol. The highest BCUT2D eigenvalue weighted by Crippen LogP contribution is 2.30. The largest absolute Gasteiger partial charge is 0.497 e. The zero-order valence-electron chi connectivity index (χ0n) is 20.1. The number of methoxy groups -OCH3 is 2. The molecule has 0 N–H and O–H groups in total. The van der Waals surface area contributed by atoms with Crippen LogP contribution in [0.25, 0.3) is 0 Å². The fourth-order valence-electron chi connectivity index (χ4n) is 4.64. The van der Waals surface area contributed by atoms with Gasteiger partial charge in [-0.1, -0.05) is 18.2 Å². The Morgan fingerprint density at radius 3 is 2.71 bits per heavy atom. The molecule has 1 aliphatic heterocycles. The number of aryl methyl sites for hydroxylation is 1. The number of cyclic esters (lactones) is 1. The number of amides is 2. The second-order valence-electron chi connectivity index (χ2n) is 8.93. The molecule has 1 atom stereocenters. The van der Waals surface area contributed by atoms with Gasteiger partial charge in [-0.05, 0) is 61.1 Å². The summed E-state index contributed by atoms with van der Waals surface area (Å²) < 4.78 is 16.4. The van der Waals surface area contributed by atoms with Crippen molar-refractivity contribution >= 4 is 17.7 Å². The lowest BCUT2D eigenvalue weighted by Gasteiger charge is -2.24. The summed E-state index contributed by atoms with van der Waals surface area (Å²) in [6.07, 6.45) is 3.19. The molecule has 0 aromatic heterocycles. The summed E-state index contributed by atoms with van der Waals surface area (Å²) in [5.41, 5.74) is 5.50. The van der Waals surface area contributed by atoms with Gasteiger partial charge in [0.05, 0.1) is 27.3 Å². The normalized spacial score (nSPS) is 17.6. The highest BCUT2D eigenvalue weighted by molar-refractivity contribution is 5.90. The maximum atomic E-state index is 12.7. The molecular formula is C27H32N2O5. The molecule has 7 nitrogen and oxygen atoms in total. The number of nitrogens with zero attached hydrogens (tertiary/aromatic N) is 2. The Labute approximate surface area is 200 Å². The SMILES string of the molecule is C=C1CCCc2cc(N3CC(CN(Cc4ccc(OC)cc4OC)C(C)=O)OC3=O)ccc2C1. The molecule has 7 heteroatoms. The van der Waals surface area contributed by atoms with Crippen molar-refractivity contribution in [1.82, 2.24) is 4.90 Å². The summed E-state index contributed by atoms with van der Waals surface area (Å²) in [7, 11) is 3.18. The number of ether oxygens (including phenoxy) is 3. The third-order valence-electron chi connectivity index (χ3n) is 6.52. The Kier molecular flexibility index (Phi) is 7.10. The number of benzene rings is 2. The summed E-state index contributed by atoms with van der Waals surface area (Å²) in [6, 6.07) is 11.7. The van der Waals surface area contributed by atoms with E-state index < -0.39 is 6.10 Å². The molecule has 34 heavy (non-hydrogen) atoms. The van der Waals surface area contributed by atoms with Crippen LogP contribution < -0.4 is 14.4 Å². The van der Waals surface area contributed by atoms with Crippen LogP contribution in [0.15, 0.2) is 48.6 Å². The van der Waals surface area contributed by atoms with Crippen molar-refractivity contribution in [2.75, 3.05) is 32.2 Å². The van der Waals surface area contributed by atoms with Gasteiger partial charge in [-0.2, -0.15) is 0 Å². The minimum absolute atomic E-state index is 0.0994. The quantitative estimate of drug-likeness (QED) is 0.445. The predicted octanol–water partition coefficient (Wildman–Crippen LogP) is 4.51. The molecule has 0 saturated carbocycles. The molecule has 1 heterocycles. The van der Waals surface area contributed by atoms with Crippen molar-refractivity contribution in [2.24, 2.45) is 0 Å². The van der Waals surface area contributed by atoms with E-state index in [-0.39, 0.29) is 12.0 Å². The molecule has 0 spiro atoms. The predicted molar refractivity (Wildman–Crippen MR) is 130 cm³/mol. The van der Waals surface area contributed by atoms with Gasteiger partial charge in [0.1, 0.15) is 17.6 Å². The Bertz CT molecular complexity index is 1100. The molecule has 2 aromatic carbocycles. The summed E-state index contributed by atoms with van der Waals surface area (Å²) in [4.78, 5) is 28.5. The number of hydrogen-bond donors (Lipinski definition) is 0. The maximum Gasteiger partial charge on any atom is 0.414 e. The molecule has 180 valence electrons. The van der Waals surface area contributed by atoms with Crippen LogP contribution in [0.4, 0.5) is 10.5 Å². The molecule has 1 unspecified atom stereocenters. The second kappa shape index (κ2) is 10.2. The van der Waals surface area contributed by atoms with Crippen LogP contribution in [0.2, 0.25) is 0 Å². The minimum Gasteiger partial charge on any atom is -0.497 e. The van der Waals surface area contributed by atoms with Crippen LogP contribution in [0.3, 0.4) is 0 Å². The van der Waals surface area contributed by atoms with Crippen LogP contribution in [0, 0.1) is 0 Å². The van der Waals surface area contributed by atoms with E-state index in [0.717, 1.165) is 36.9 Å². The molecule has 4 rings (SSSR count). The minimum atomic E-state index is -0.417. The monoisotopic (exact) mass is 464 g/mol. The van der Waals surface area contributed by atoms with Crippen LogP contribution in [-0.2, 0) is 28.9 Å². The van der Waals surface area contributed by atoms with Gasteiger partial charge < -0.3 is 19.1 Å². The number of hydrogen-bond acceptors (Lipinski definition) is 5. The number of carbonyl (C=O) groups excluding carboxylic acids is 2. The van der Waals surface area contributed by atoms with Crippen molar-refractivity contribution in [1.29, 1.82) is 0 Å². The first-order chi connectivity index (χ1) is 16.4.